The van der Waals surface area contributed by atoms with Gasteiger partial charge in [0.15, 0.2) is 0 Å². The minimum atomic E-state index is -0.897. The van der Waals surface area contributed by atoms with E-state index in [1.54, 1.807) is 4.90 Å². The molecule has 0 aliphatic heterocycles. The number of hydrogen-bond acceptors (Lipinski definition) is 2. The minimum absolute atomic E-state index is 0.0526. The molecule has 0 aromatic carbocycles. The van der Waals surface area contributed by atoms with Gasteiger partial charge in [-0.1, -0.05) is 12.8 Å². The first kappa shape index (κ1) is 11.4. The van der Waals surface area contributed by atoms with E-state index in [0.29, 0.717) is 12.3 Å². The van der Waals surface area contributed by atoms with Crippen molar-refractivity contribution in [2.24, 2.45) is 5.92 Å². The van der Waals surface area contributed by atoms with Crippen molar-refractivity contribution in [3.8, 4) is 0 Å². The summed E-state index contributed by atoms with van der Waals surface area (Å²) in [4.78, 5) is 24.2. The second-order valence-corrected chi connectivity index (χ2v) is 5.00. The number of hydrogen-bond donors (Lipinski definition) is 1. The Hall–Kier alpha value is -1.06. The molecule has 0 aromatic heterocycles. The molecule has 0 spiro atoms. The largest absolute Gasteiger partial charge is 0.480 e. The van der Waals surface area contributed by atoms with E-state index in [2.05, 4.69) is 0 Å². The quantitative estimate of drug-likeness (QED) is 0.773. The summed E-state index contributed by atoms with van der Waals surface area (Å²) in [6.07, 6.45) is 7.23. The summed E-state index contributed by atoms with van der Waals surface area (Å²) in [6, 6.07) is 0.213. The van der Waals surface area contributed by atoms with Crippen molar-refractivity contribution in [3.63, 3.8) is 0 Å². The van der Waals surface area contributed by atoms with Crippen LogP contribution < -0.4 is 0 Å². The Labute approximate surface area is 95.6 Å². The van der Waals surface area contributed by atoms with E-state index in [0.717, 1.165) is 25.7 Å². The molecule has 0 saturated heterocycles. The topological polar surface area (TPSA) is 57.6 Å². The van der Waals surface area contributed by atoms with Crippen LogP contribution in [-0.4, -0.2) is 34.5 Å². The summed E-state index contributed by atoms with van der Waals surface area (Å²) in [5.41, 5.74) is 0. The maximum Gasteiger partial charge on any atom is 0.323 e. The number of carbonyl (C=O) groups is 2. The molecule has 0 heterocycles. The monoisotopic (exact) mass is 225 g/mol. The maximum atomic E-state index is 12.0. The lowest BCUT2D eigenvalue weighted by Gasteiger charge is -2.21. The molecule has 2 fully saturated rings. The zero-order valence-electron chi connectivity index (χ0n) is 9.52. The average Bonchev–Trinajstić information content (AvgIpc) is 2.94. The van der Waals surface area contributed by atoms with Crippen LogP contribution in [0.4, 0.5) is 0 Å². The molecule has 1 N–H and O–H groups in total. The summed E-state index contributed by atoms with van der Waals surface area (Å²) in [5, 5.41) is 8.78. The van der Waals surface area contributed by atoms with Crippen molar-refractivity contribution in [1.29, 1.82) is 0 Å². The van der Waals surface area contributed by atoms with Gasteiger partial charge in [0, 0.05) is 12.5 Å². The normalized spacial score (nSPS) is 21.0. The van der Waals surface area contributed by atoms with Crippen LogP contribution in [0.1, 0.15) is 44.9 Å². The lowest BCUT2D eigenvalue weighted by molar-refractivity contribution is -0.145. The van der Waals surface area contributed by atoms with Crippen LogP contribution in [0.5, 0.6) is 0 Å². The van der Waals surface area contributed by atoms with Crippen molar-refractivity contribution < 1.29 is 14.7 Å². The van der Waals surface area contributed by atoms with E-state index in [4.69, 9.17) is 5.11 Å². The zero-order valence-corrected chi connectivity index (χ0v) is 9.52. The van der Waals surface area contributed by atoms with Crippen LogP contribution >= 0.6 is 0 Å². The Balaban J connectivity index is 1.85. The van der Waals surface area contributed by atoms with E-state index >= 15 is 0 Å². The predicted molar refractivity (Wildman–Crippen MR) is 58.9 cm³/mol. The van der Waals surface area contributed by atoms with Crippen LogP contribution in [0.25, 0.3) is 0 Å². The predicted octanol–water partition coefficient (Wildman–Crippen LogP) is 1.64. The van der Waals surface area contributed by atoms with Crippen LogP contribution in [0.2, 0.25) is 0 Å². The number of aliphatic carboxylic acids is 1. The number of nitrogens with zero attached hydrogens (tertiary/aromatic N) is 1. The second kappa shape index (κ2) is 4.85. The van der Waals surface area contributed by atoms with Gasteiger partial charge in [-0.2, -0.15) is 0 Å². The van der Waals surface area contributed by atoms with Gasteiger partial charge in [-0.25, -0.2) is 0 Å². The Morgan fingerprint density at radius 1 is 1.12 bits per heavy atom. The molecule has 0 radical (unpaired) electrons. The van der Waals surface area contributed by atoms with E-state index in [1.807, 2.05) is 0 Å². The molecule has 16 heavy (non-hydrogen) atoms. The molecule has 2 aliphatic rings. The molecule has 90 valence electrons. The summed E-state index contributed by atoms with van der Waals surface area (Å²) in [5.74, 6) is -0.342. The highest BCUT2D eigenvalue weighted by Gasteiger charge is 2.34. The summed E-state index contributed by atoms with van der Waals surface area (Å²) in [7, 11) is 0. The third kappa shape index (κ3) is 2.97. The molecule has 2 saturated carbocycles. The Morgan fingerprint density at radius 2 is 1.75 bits per heavy atom. The van der Waals surface area contributed by atoms with Gasteiger partial charge in [-0.15, -0.1) is 0 Å². The molecule has 0 unspecified atom stereocenters. The number of carboxylic acid groups (broad SMARTS) is 1. The second-order valence-electron chi connectivity index (χ2n) is 5.00. The first-order valence-electron chi connectivity index (χ1n) is 6.18. The molecular formula is C12H19NO3. The summed E-state index contributed by atoms with van der Waals surface area (Å²) >= 11 is 0. The van der Waals surface area contributed by atoms with Gasteiger partial charge in [0.05, 0.1) is 0 Å². The molecule has 2 rings (SSSR count). The number of amides is 1. The van der Waals surface area contributed by atoms with Crippen LogP contribution in [0, 0.1) is 5.92 Å². The number of carbonyl (C=O) groups excluding carboxylic acids is 1. The molecule has 0 bridgehead atoms. The smallest absolute Gasteiger partial charge is 0.323 e. The third-order valence-electron chi connectivity index (χ3n) is 3.55. The highest BCUT2D eigenvalue weighted by molar-refractivity contribution is 5.82. The Kier molecular flexibility index (Phi) is 3.46. The van der Waals surface area contributed by atoms with Crippen LogP contribution in [-0.2, 0) is 9.59 Å². The van der Waals surface area contributed by atoms with E-state index in [9.17, 15) is 9.59 Å². The first-order valence-corrected chi connectivity index (χ1v) is 6.18. The third-order valence-corrected chi connectivity index (χ3v) is 3.55. The fourth-order valence-corrected chi connectivity index (χ4v) is 2.53. The highest BCUT2D eigenvalue weighted by Crippen LogP contribution is 2.31. The Morgan fingerprint density at radius 3 is 2.25 bits per heavy atom. The first-order chi connectivity index (χ1) is 7.66. The molecule has 1 amide bonds. The van der Waals surface area contributed by atoms with Gasteiger partial charge in [-0.05, 0) is 31.6 Å². The number of carboxylic acids is 1. The van der Waals surface area contributed by atoms with Gasteiger partial charge in [0.1, 0.15) is 6.54 Å². The van der Waals surface area contributed by atoms with Gasteiger partial charge in [0.25, 0.3) is 0 Å². The van der Waals surface area contributed by atoms with E-state index in [1.165, 1.54) is 12.8 Å². The minimum Gasteiger partial charge on any atom is -0.480 e. The number of rotatable bonds is 5. The average molecular weight is 225 g/mol. The summed E-state index contributed by atoms with van der Waals surface area (Å²) < 4.78 is 0. The Bertz CT molecular complexity index is 280. The van der Waals surface area contributed by atoms with Gasteiger partial charge in [-0.3, -0.25) is 9.59 Å². The fraction of sp³-hybridized carbons (Fsp3) is 0.833. The maximum absolute atomic E-state index is 12.0. The van der Waals surface area contributed by atoms with Crippen molar-refractivity contribution in [2.75, 3.05) is 6.54 Å². The lowest BCUT2D eigenvalue weighted by atomic mass is 10.0. The van der Waals surface area contributed by atoms with Gasteiger partial charge in [0.2, 0.25) is 5.91 Å². The molecular weight excluding hydrogens is 206 g/mol. The summed E-state index contributed by atoms with van der Waals surface area (Å²) in [6.45, 7) is -0.115. The van der Waals surface area contributed by atoms with Crippen molar-refractivity contribution in [2.45, 2.75) is 51.0 Å². The van der Waals surface area contributed by atoms with Crippen molar-refractivity contribution in [1.82, 2.24) is 4.90 Å². The van der Waals surface area contributed by atoms with Crippen molar-refractivity contribution >= 4 is 11.9 Å². The van der Waals surface area contributed by atoms with Gasteiger partial charge < -0.3 is 10.0 Å². The SMILES string of the molecule is O=C(O)CN(C(=O)CC1CCCC1)C1CC1. The van der Waals surface area contributed by atoms with Crippen LogP contribution in [0.3, 0.4) is 0 Å². The van der Waals surface area contributed by atoms with Crippen molar-refractivity contribution in [3.05, 3.63) is 0 Å². The molecule has 0 aromatic rings. The zero-order chi connectivity index (χ0) is 11.5. The standard InChI is InChI=1S/C12H19NO3/c14-11(7-9-3-1-2-4-9)13(8-12(15)16)10-5-6-10/h9-10H,1-8H2,(H,15,16). The molecule has 4 heteroatoms. The molecule has 2 aliphatic carbocycles. The lowest BCUT2D eigenvalue weighted by Crippen LogP contribution is -2.38. The molecule has 4 nitrogen and oxygen atoms in total. The fourth-order valence-electron chi connectivity index (χ4n) is 2.53. The van der Waals surface area contributed by atoms with E-state index in [-0.39, 0.29) is 18.5 Å². The highest BCUT2D eigenvalue weighted by atomic mass is 16.4. The molecule has 0 atom stereocenters. The van der Waals surface area contributed by atoms with Gasteiger partial charge >= 0.3 is 5.97 Å². The van der Waals surface area contributed by atoms with Crippen LogP contribution in [0.15, 0.2) is 0 Å². The van der Waals surface area contributed by atoms with E-state index < -0.39 is 5.97 Å².